The van der Waals surface area contributed by atoms with E-state index in [1.165, 1.54) is 121 Å². The van der Waals surface area contributed by atoms with E-state index in [-0.39, 0.29) is 0 Å². The first kappa shape index (κ1) is 36.8. The summed E-state index contributed by atoms with van der Waals surface area (Å²) >= 11 is 0. The van der Waals surface area contributed by atoms with Gasteiger partial charge in [-0.25, -0.2) is 0 Å². The molecule has 284 valence electrons. The number of benzene rings is 8. The van der Waals surface area contributed by atoms with Gasteiger partial charge in [0.2, 0.25) is 0 Å². The summed E-state index contributed by atoms with van der Waals surface area (Å²) in [7, 11) is 0. The molecule has 0 bridgehead atoms. The monoisotopic (exact) mass is 742 g/mol. The van der Waals surface area contributed by atoms with E-state index in [2.05, 4.69) is 196 Å². The van der Waals surface area contributed by atoms with Gasteiger partial charge in [0.15, 0.2) is 0 Å². The van der Waals surface area contributed by atoms with Gasteiger partial charge >= 0.3 is 0 Å². The predicted molar refractivity (Wildman–Crippen MR) is 247 cm³/mol. The highest BCUT2D eigenvalue weighted by Crippen LogP contribution is 2.49. The zero-order valence-electron chi connectivity index (χ0n) is 34.2. The van der Waals surface area contributed by atoms with E-state index in [4.69, 9.17) is 0 Å². The van der Waals surface area contributed by atoms with Crippen LogP contribution in [0.25, 0.3) is 32.3 Å². The zero-order chi connectivity index (χ0) is 39.0. The van der Waals surface area contributed by atoms with Crippen LogP contribution < -0.4 is 9.80 Å². The third-order valence-corrected chi connectivity index (χ3v) is 12.6. The molecule has 2 heteroatoms. The van der Waals surface area contributed by atoms with Crippen LogP contribution >= 0.6 is 0 Å². The van der Waals surface area contributed by atoms with E-state index in [0.29, 0.717) is 5.92 Å². The molecule has 2 nitrogen and oxygen atoms in total. The molecule has 9 rings (SSSR count). The standard InChI is InChI=1S/C55H54N2/c1-6-9-41-20-22-42(23-21-41)43-24-33-49-52-35-54(56(44-25-12-37(2)13-26-44)45-27-14-38(3)15-28-45)50-11-8-7-10-48(50)51(52)36-55(53(49)34-43)57(46-29-16-39(4)17-30-46)47-31-18-40(5)19-32-47/h7-8,10-19,24-36,41-42H,6,9,20-23H2,1-5H3. The Morgan fingerprint density at radius 2 is 0.807 bits per heavy atom. The Labute approximate surface area is 339 Å². The second-order valence-corrected chi connectivity index (χ2v) is 16.8. The molecule has 0 N–H and O–H groups in total. The molecule has 0 unspecified atom stereocenters. The molecule has 0 aromatic heterocycles. The van der Waals surface area contributed by atoms with E-state index in [9.17, 15) is 0 Å². The lowest BCUT2D eigenvalue weighted by Crippen LogP contribution is -2.14. The Morgan fingerprint density at radius 3 is 1.25 bits per heavy atom. The highest BCUT2D eigenvalue weighted by atomic mass is 15.1. The van der Waals surface area contributed by atoms with E-state index in [1.807, 2.05) is 0 Å². The molecule has 0 atom stereocenters. The minimum absolute atomic E-state index is 0.587. The molecular formula is C55H54N2. The third-order valence-electron chi connectivity index (χ3n) is 12.6. The lowest BCUT2D eigenvalue weighted by molar-refractivity contribution is 0.308. The average Bonchev–Trinajstić information content (AvgIpc) is 3.24. The summed E-state index contributed by atoms with van der Waals surface area (Å²) in [6.45, 7) is 11.0. The number of rotatable bonds is 9. The zero-order valence-corrected chi connectivity index (χ0v) is 34.2. The number of fused-ring (bicyclic) bond motifs is 5. The highest BCUT2D eigenvalue weighted by Gasteiger charge is 2.25. The van der Waals surface area contributed by atoms with Crippen molar-refractivity contribution in [3.8, 4) is 0 Å². The summed E-state index contributed by atoms with van der Waals surface area (Å²) in [6.07, 6.45) is 7.87. The average molecular weight is 743 g/mol. The number of nitrogens with zero attached hydrogens (tertiary/aromatic N) is 2. The fourth-order valence-electron chi connectivity index (χ4n) is 9.43. The van der Waals surface area contributed by atoms with Crippen molar-refractivity contribution in [2.24, 2.45) is 5.92 Å². The van der Waals surface area contributed by atoms with Crippen molar-refractivity contribution in [1.82, 2.24) is 0 Å². The van der Waals surface area contributed by atoms with Gasteiger partial charge in [-0.3, -0.25) is 0 Å². The van der Waals surface area contributed by atoms with Gasteiger partial charge in [0.1, 0.15) is 0 Å². The number of anilines is 6. The molecule has 0 saturated heterocycles. The second kappa shape index (κ2) is 15.6. The topological polar surface area (TPSA) is 6.48 Å². The SMILES string of the molecule is CCCC1CCC(c2ccc3c(c2)c(N(c2ccc(C)cc2)c2ccc(C)cc2)cc2c4ccccc4c(N(c4ccc(C)cc4)c4ccc(C)cc4)cc32)CC1. The molecule has 1 aliphatic carbocycles. The minimum atomic E-state index is 0.587. The molecule has 0 spiro atoms. The fraction of sp³-hybridized carbons (Fsp3) is 0.236. The van der Waals surface area contributed by atoms with Crippen molar-refractivity contribution < 1.29 is 0 Å². The largest absolute Gasteiger partial charge is 0.310 e. The van der Waals surface area contributed by atoms with Crippen LogP contribution in [0.3, 0.4) is 0 Å². The molecule has 0 heterocycles. The summed E-state index contributed by atoms with van der Waals surface area (Å²) < 4.78 is 0. The molecule has 0 aliphatic heterocycles. The van der Waals surface area contributed by atoms with Crippen LogP contribution in [-0.4, -0.2) is 0 Å². The first-order chi connectivity index (χ1) is 27.8. The Morgan fingerprint density at radius 1 is 0.404 bits per heavy atom. The molecule has 8 aromatic rings. The first-order valence-electron chi connectivity index (χ1n) is 21.1. The van der Waals surface area contributed by atoms with Crippen molar-refractivity contribution in [3.63, 3.8) is 0 Å². The minimum Gasteiger partial charge on any atom is -0.310 e. The Balaban J connectivity index is 1.34. The van der Waals surface area contributed by atoms with Crippen LogP contribution in [-0.2, 0) is 0 Å². The fourth-order valence-corrected chi connectivity index (χ4v) is 9.43. The van der Waals surface area contributed by atoms with Crippen LogP contribution in [0.4, 0.5) is 34.1 Å². The lowest BCUT2D eigenvalue weighted by atomic mass is 9.77. The lowest BCUT2D eigenvalue weighted by Gasteiger charge is -2.31. The van der Waals surface area contributed by atoms with Gasteiger partial charge in [-0.2, -0.15) is 0 Å². The van der Waals surface area contributed by atoms with Crippen LogP contribution in [0.5, 0.6) is 0 Å². The van der Waals surface area contributed by atoms with E-state index >= 15 is 0 Å². The Hall–Kier alpha value is -5.86. The normalized spacial score (nSPS) is 15.7. The quantitative estimate of drug-likeness (QED) is 0.136. The van der Waals surface area contributed by atoms with Gasteiger partial charge in [-0.15, -0.1) is 0 Å². The molecule has 1 saturated carbocycles. The van der Waals surface area contributed by atoms with Gasteiger partial charge < -0.3 is 9.80 Å². The van der Waals surface area contributed by atoms with E-state index < -0.39 is 0 Å². The van der Waals surface area contributed by atoms with Crippen LogP contribution in [0.2, 0.25) is 0 Å². The summed E-state index contributed by atoms with van der Waals surface area (Å²) in [6, 6.07) is 57.5. The van der Waals surface area contributed by atoms with Crippen LogP contribution in [0.1, 0.15) is 79.2 Å². The van der Waals surface area contributed by atoms with Crippen LogP contribution in [0.15, 0.2) is 152 Å². The van der Waals surface area contributed by atoms with Gasteiger partial charge in [-0.1, -0.05) is 127 Å². The van der Waals surface area contributed by atoms with Crippen molar-refractivity contribution >= 4 is 66.4 Å². The van der Waals surface area contributed by atoms with Gasteiger partial charge in [0, 0.05) is 33.5 Å². The summed E-state index contributed by atoms with van der Waals surface area (Å²) in [5.74, 6) is 1.46. The summed E-state index contributed by atoms with van der Waals surface area (Å²) in [5, 5.41) is 7.61. The Bertz CT molecular complexity index is 2570. The highest BCUT2D eigenvalue weighted by molar-refractivity contribution is 6.24. The van der Waals surface area contributed by atoms with Crippen molar-refractivity contribution in [2.75, 3.05) is 9.80 Å². The molecule has 0 amide bonds. The maximum atomic E-state index is 2.57. The van der Waals surface area contributed by atoms with Crippen LogP contribution in [0, 0.1) is 33.6 Å². The second-order valence-electron chi connectivity index (χ2n) is 16.8. The molecule has 0 radical (unpaired) electrons. The van der Waals surface area contributed by atoms with Crippen molar-refractivity contribution in [3.05, 3.63) is 179 Å². The van der Waals surface area contributed by atoms with Crippen molar-refractivity contribution in [2.45, 2.75) is 79.1 Å². The van der Waals surface area contributed by atoms with E-state index in [0.717, 1.165) is 17.3 Å². The van der Waals surface area contributed by atoms with E-state index in [1.54, 1.807) is 0 Å². The summed E-state index contributed by atoms with van der Waals surface area (Å²) in [4.78, 5) is 4.95. The molecule has 57 heavy (non-hydrogen) atoms. The van der Waals surface area contributed by atoms with Crippen molar-refractivity contribution in [1.29, 1.82) is 0 Å². The Kier molecular flexibility index (Phi) is 10.1. The predicted octanol–water partition coefficient (Wildman–Crippen LogP) is 16.4. The maximum absolute atomic E-state index is 2.57. The van der Waals surface area contributed by atoms with Gasteiger partial charge in [0.25, 0.3) is 0 Å². The van der Waals surface area contributed by atoms with Gasteiger partial charge in [-0.05, 0) is 159 Å². The smallest absolute Gasteiger partial charge is 0.0546 e. The number of hydrogen-bond donors (Lipinski definition) is 0. The molecule has 8 aromatic carbocycles. The van der Waals surface area contributed by atoms with Gasteiger partial charge in [0.05, 0.1) is 11.4 Å². The molecule has 1 fully saturated rings. The number of hydrogen-bond acceptors (Lipinski definition) is 2. The third kappa shape index (κ3) is 7.19. The summed E-state index contributed by atoms with van der Waals surface area (Å²) in [5.41, 5.74) is 13.6. The first-order valence-corrected chi connectivity index (χ1v) is 21.1. The maximum Gasteiger partial charge on any atom is 0.0546 e. The molecular weight excluding hydrogens is 689 g/mol. The number of aryl methyl sites for hydroxylation is 4. The molecule has 1 aliphatic rings.